The SMILES string of the molecule is CCCC1CC1NCC(O)Cn1cccn1. The highest BCUT2D eigenvalue weighted by atomic mass is 16.3. The molecule has 0 aliphatic heterocycles. The molecule has 16 heavy (non-hydrogen) atoms. The Morgan fingerprint density at radius 2 is 2.50 bits per heavy atom. The smallest absolute Gasteiger partial charge is 0.0860 e. The van der Waals surface area contributed by atoms with Crippen LogP contribution in [0.1, 0.15) is 26.2 Å². The fourth-order valence-electron chi connectivity index (χ4n) is 2.16. The number of aliphatic hydroxyl groups excluding tert-OH is 1. The van der Waals surface area contributed by atoms with Crippen LogP contribution in [-0.4, -0.2) is 33.6 Å². The van der Waals surface area contributed by atoms with E-state index in [1.54, 1.807) is 10.9 Å². The minimum Gasteiger partial charge on any atom is -0.390 e. The van der Waals surface area contributed by atoms with Crippen molar-refractivity contribution in [2.45, 2.75) is 44.9 Å². The van der Waals surface area contributed by atoms with E-state index in [9.17, 15) is 5.11 Å². The third kappa shape index (κ3) is 3.32. The number of hydrogen-bond acceptors (Lipinski definition) is 3. The Morgan fingerprint density at radius 3 is 3.19 bits per heavy atom. The van der Waals surface area contributed by atoms with E-state index in [0.717, 1.165) is 5.92 Å². The summed E-state index contributed by atoms with van der Waals surface area (Å²) >= 11 is 0. The van der Waals surface area contributed by atoms with Crippen LogP contribution in [0, 0.1) is 5.92 Å². The van der Waals surface area contributed by atoms with Gasteiger partial charge in [-0.3, -0.25) is 4.68 Å². The second-order valence-corrected chi connectivity index (χ2v) is 4.68. The van der Waals surface area contributed by atoms with Crippen molar-refractivity contribution in [2.75, 3.05) is 6.54 Å². The van der Waals surface area contributed by atoms with Crippen LogP contribution in [0.3, 0.4) is 0 Å². The number of hydrogen-bond donors (Lipinski definition) is 2. The van der Waals surface area contributed by atoms with Gasteiger partial charge in [0.2, 0.25) is 0 Å². The van der Waals surface area contributed by atoms with Gasteiger partial charge < -0.3 is 10.4 Å². The molecule has 1 heterocycles. The lowest BCUT2D eigenvalue weighted by atomic mass is 10.2. The molecule has 3 atom stereocenters. The van der Waals surface area contributed by atoms with E-state index in [4.69, 9.17) is 0 Å². The minimum absolute atomic E-state index is 0.345. The predicted octanol–water partition coefficient (Wildman–Crippen LogP) is 1.02. The summed E-state index contributed by atoms with van der Waals surface area (Å²) in [6.45, 7) is 3.47. The zero-order valence-corrected chi connectivity index (χ0v) is 9.84. The van der Waals surface area contributed by atoms with E-state index in [1.807, 2.05) is 12.3 Å². The zero-order valence-electron chi connectivity index (χ0n) is 9.84. The third-order valence-corrected chi connectivity index (χ3v) is 3.15. The van der Waals surface area contributed by atoms with Crippen LogP contribution >= 0.6 is 0 Å². The molecule has 1 fully saturated rings. The molecule has 0 aromatic carbocycles. The van der Waals surface area contributed by atoms with Gasteiger partial charge in [0.25, 0.3) is 0 Å². The standard InChI is InChI=1S/C12H21N3O/c1-2-4-10-7-12(10)13-8-11(16)9-15-6-3-5-14-15/h3,5-6,10-13,16H,2,4,7-9H2,1H3. The molecule has 1 aliphatic rings. The van der Waals surface area contributed by atoms with Crippen LogP contribution in [0.4, 0.5) is 0 Å². The van der Waals surface area contributed by atoms with Crippen LogP contribution in [0.5, 0.6) is 0 Å². The third-order valence-electron chi connectivity index (χ3n) is 3.15. The molecule has 4 nitrogen and oxygen atoms in total. The van der Waals surface area contributed by atoms with E-state index in [1.165, 1.54) is 19.3 Å². The van der Waals surface area contributed by atoms with Gasteiger partial charge in [-0.15, -0.1) is 0 Å². The zero-order chi connectivity index (χ0) is 11.4. The minimum atomic E-state index is -0.345. The molecule has 0 bridgehead atoms. The first-order valence-corrected chi connectivity index (χ1v) is 6.18. The first-order chi connectivity index (χ1) is 7.79. The summed E-state index contributed by atoms with van der Waals surface area (Å²) < 4.78 is 1.77. The summed E-state index contributed by atoms with van der Waals surface area (Å²) in [5, 5.41) is 17.3. The van der Waals surface area contributed by atoms with Crippen LogP contribution in [0.2, 0.25) is 0 Å². The quantitative estimate of drug-likeness (QED) is 0.725. The molecular formula is C12H21N3O. The summed E-state index contributed by atoms with van der Waals surface area (Å²) in [4.78, 5) is 0. The number of rotatable bonds is 7. The van der Waals surface area contributed by atoms with Crippen molar-refractivity contribution in [3.8, 4) is 0 Å². The molecule has 2 N–H and O–H groups in total. The van der Waals surface area contributed by atoms with Crippen molar-refractivity contribution < 1.29 is 5.11 Å². The van der Waals surface area contributed by atoms with Crippen LogP contribution in [0.25, 0.3) is 0 Å². The van der Waals surface area contributed by atoms with Gasteiger partial charge in [-0.1, -0.05) is 13.3 Å². The van der Waals surface area contributed by atoms with Crippen molar-refractivity contribution in [2.24, 2.45) is 5.92 Å². The first kappa shape index (κ1) is 11.6. The second kappa shape index (κ2) is 5.46. The predicted molar refractivity (Wildman–Crippen MR) is 63.0 cm³/mol. The highest BCUT2D eigenvalue weighted by Crippen LogP contribution is 2.34. The number of nitrogens with one attached hydrogen (secondary N) is 1. The van der Waals surface area contributed by atoms with Crippen molar-refractivity contribution in [3.05, 3.63) is 18.5 Å². The highest BCUT2D eigenvalue weighted by molar-refractivity contribution is 4.93. The first-order valence-electron chi connectivity index (χ1n) is 6.18. The molecule has 1 aromatic rings. The maximum Gasteiger partial charge on any atom is 0.0860 e. The summed E-state index contributed by atoms with van der Waals surface area (Å²) in [5.41, 5.74) is 0. The van der Waals surface area contributed by atoms with Gasteiger partial charge in [0, 0.05) is 25.0 Å². The summed E-state index contributed by atoms with van der Waals surface area (Å²) in [7, 11) is 0. The maximum atomic E-state index is 9.79. The van der Waals surface area contributed by atoms with E-state index >= 15 is 0 Å². The largest absolute Gasteiger partial charge is 0.390 e. The van der Waals surface area contributed by atoms with E-state index in [2.05, 4.69) is 17.3 Å². The molecule has 1 aliphatic carbocycles. The topological polar surface area (TPSA) is 50.1 Å². The lowest BCUT2D eigenvalue weighted by molar-refractivity contribution is 0.146. The van der Waals surface area contributed by atoms with Crippen molar-refractivity contribution in [1.82, 2.24) is 15.1 Å². The number of aliphatic hydroxyl groups is 1. The molecule has 1 saturated carbocycles. The van der Waals surface area contributed by atoms with Crippen LogP contribution < -0.4 is 5.32 Å². The van der Waals surface area contributed by atoms with Gasteiger partial charge in [-0.25, -0.2) is 0 Å². The molecular weight excluding hydrogens is 202 g/mol. The van der Waals surface area contributed by atoms with Gasteiger partial charge in [-0.2, -0.15) is 5.10 Å². The Labute approximate surface area is 96.7 Å². The summed E-state index contributed by atoms with van der Waals surface area (Å²) in [6.07, 6.45) is 7.12. The fraction of sp³-hybridized carbons (Fsp3) is 0.750. The summed E-state index contributed by atoms with van der Waals surface area (Å²) in [5.74, 6) is 0.849. The molecule has 2 rings (SSSR count). The molecule has 4 heteroatoms. The molecule has 0 amide bonds. The molecule has 90 valence electrons. The van der Waals surface area contributed by atoms with Gasteiger partial charge in [-0.05, 0) is 24.8 Å². The Kier molecular flexibility index (Phi) is 3.96. The molecule has 3 unspecified atom stereocenters. The average Bonchev–Trinajstić information content (AvgIpc) is 2.79. The lowest BCUT2D eigenvalue weighted by Crippen LogP contribution is -2.32. The monoisotopic (exact) mass is 223 g/mol. The Balaban J connectivity index is 1.60. The molecule has 0 spiro atoms. The van der Waals surface area contributed by atoms with E-state index < -0.39 is 0 Å². The maximum absolute atomic E-state index is 9.79. The molecule has 0 radical (unpaired) electrons. The number of aromatic nitrogens is 2. The lowest BCUT2D eigenvalue weighted by Gasteiger charge is -2.11. The van der Waals surface area contributed by atoms with Crippen LogP contribution in [0.15, 0.2) is 18.5 Å². The van der Waals surface area contributed by atoms with E-state index in [0.29, 0.717) is 19.1 Å². The van der Waals surface area contributed by atoms with Gasteiger partial charge in [0.15, 0.2) is 0 Å². The normalized spacial score (nSPS) is 25.6. The average molecular weight is 223 g/mol. The Bertz CT molecular complexity index is 299. The van der Waals surface area contributed by atoms with Crippen molar-refractivity contribution in [3.63, 3.8) is 0 Å². The van der Waals surface area contributed by atoms with Gasteiger partial charge in [0.05, 0.1) is 12.6 Å². The van der Waals surface area contributed by atoms with Crippen molar-refractivity contribution in [1.29, 1.82) is 0 Å². The van der Waals surface area contributed by atoms with Crippen LogP contribution in [-0.2, 0) is 6.54 Å². The molecule has 1 aromatic heterocycles. The Morgan fingerprint density at radius 1 is 1.62 bits per heavy atom. The molecule has 0 saturated heterocycles. The van der Waals surface area contributed by atoms with Crippen molar-refractivity contribution >= 4 is 0 Å². The van der Waals surface area contributed by atoms with Gasteiger partial charge in [0.1, 0.15) is 0 Å². The second-order valence-electron chi connectivity index (χ2n) is 4.68. The number of nitrogens with zero attached hydrogens (tertiary/aromatic N) is 2. The highest BCUT2D eigenvalue weighted by Gasteiger charge is 2.35. The fourth-order valence-corrected chi connectivity index (χ4v) is 2.16. The Hall–Kier alpha value is -0.870. The summed E-state index contributed by atoms with van der Waals surface area (Å²) in [6, 6.07) is 2.52. The van der Waals surface area contributed by atoms with Gasteiger partial charge >= 0.3 is 0 Å². The van der Waals surface area contributed by atoms with E-state index in [-0.39, 0.29) is 6.10 Å².